The second kappa shape index (κ2) is 6.65. The summed E-state index contributed by atoms with van der Waals surface area (Å²) in [6, 6.07) is 10.7. The van der Waals surface area contributed by atoms with Crippen molar-refractivity contribution < 1.29 is 13.9 Å². The number of furan rings is 1. The molecule has 1 heterocycles. The molecule has 0 radical (unpaired) electrons. The first-order valence-corrected chi connectivity index (χ1v) is 6.39. The van der Waals surface area contributed by atoms with Crippen LogP contribution in [0.15, 0.2) is 47.1 Å². The minimum absolute atomic E-state index is 0.0859. The van der Waals surface area contributed by atoms with E-state index in [0.29, 0.717) is 6.54 Å². The molecule has 0 saturated heterocycles. The second-order valence-electron chi connectivity index (χ2n) is 4.39. The van der Waals surface area contributed by atoms with E-state index in [1.165, 1.54) is 0 Å². The van der Waals surface area contributed by atoms with Gasteiger partial charge in [0.25, 0.3) is 0 Å². The monoisotopic (exact) mass is 274 g/mol. The van der Waals surface area contributed by atoms with Crippen molar-refractivity contribution in [3.05, 3.63) is 48.4 Å². The molecule has 20 heavy (non-hydrogen) atoms. The van der Waals surface area contributed by atoms with E-state index < -0.39 is 0 Å². The molecular formula is C15H18N2O3. The third-order valence-corrected chi connectivity index (χ3v) is 2.88. The Labute approximate surface area is 117 Å². The highest BCUT2D eigenvalue weighted by Gasteiger charge is 2.12. The van der Waals surface area contributed by atoms with Crippen LogP contribution >= 0.6 is 0 Å². The van der Waals surface area contributed by atoms with Gasteiger partial charge in [0.05, 0.1) is 19.9 Å². The molecule has 0 bridgehead atoms. The first kappa shape index (κ1) is 14.0. The lowest BCUT2D eigenvalue weighted by atomic mass is 10.2. The number of rotatable bonds is 6. The Morgan fingerprint density at radius 1 is 1.30 bits per heavy atom. The van der Waals surface area contributed by atoms with Gasteiger partial charge in [0.2, 0.25) is 5.91 Å². The molecule has 0 spiro atoms. The maximum atomic E-state index is 11.9. The lowest BCUT2D eigenvalue weighted by Gasteiger charge is -2.15. The van der Waals surface area contributed by atoms with Gasteiger partial charge in [-0.2, -0.15) is 0 Å². The van der Waals surface area contributed by atoms with E-state index >= 15 is 0 Å². The molecule has 1 atom stereocenters. The number of benzene rings is 1. The van der Waals surface area contributed by atoms with Crippen molar-refractivity contribution in [3.63, 3.8) is 0 Å². The van der Waals surface area contributed by atoms with Crippen LogP contribution in [0.3, 0.4) is 0 Å². The quantitative estimate of drug-likeness (QED) is 0.849. The van der Waals surface area contributed by atoms with Gasteiger partial charge in [-0.05, 0) is 43.3 Å². The Bertz CT molecular complexity index is 535. The number of hydrogen-bond acceptors (Lipinski definition) is 4. The van der Waals surface area contributed by atoms with E-state index in [-0.39, 0.29) is 11.9 Å². The van der Waals surface area contributed by atoms with Gasteiger partial charge in [0, 0.05) is 5.69 Å². The number of hydrogen-bond donors (Lipinski definition) is 2. The fraction of sp³-hybridized carbons (Fsp3) is 0.267. The first-order chi connectivity index (χ1) is 9.69. The van der Waals surface area contributed by atoms with E-state index in [9.17, 15) is 4.79 Å². The topological polar surface area (TPSA) is 63.5 Å². The van der Waals surface area contributed by atoms with Crippen LogP contribution in [0, 0.1) is 0 Å². The molecule has 0 saturated carbocycles. The zero-order valence-electron chi connectivity index (χ0n) is 11.6. The summed E-state index contributed by atoms with van der Waals surface area (Å²) in [6.07, 6.45) is 1.58. The molecule has 5 heteroatoms. The number of anilines is 1. The molecule has 5 nitrogen and oxygen atoms in total. The number of nitrogens with one attached hydrogen (secondary N) is 2. The summed E-state index contributed by atoms with van der Waals surface area (Å²) in [5, 5.41) is 5.93. The zero-order chi connectivity index (χ0) is 14.4. The lowest BCUT2D eigenvalue weighted by Crippen LogP contribution is -2.37. The number of amides is 1. The van der Waals surface area contributed by atoms with Crippen molar-refractivity contribution in [1.82, 2.24) is 5.32 Å². The van der Waals surface area contributed by atoms with Gasteiger partial charge >= 0.3 is 0 Å². The summed E-state index contributed by atoms with van der Waals surface area (Å²) in [7, 11) is 1.62. The fourth-order valence-corrected chi connectivity index (χ4v) is 1.74. The standard InChI is InChI=1S/C15H18N2O3/c1-11(15(18)16-10-14-4-3-9-20-14)17-12-5-7-13(19-2)8-6-12/h3-9,11,17H,10H2,1-2H3,(H,16,18). The normalized spacial score (nSPS) is 11.7. The van der Waals surface area contributed by atoms with Crippen LogP contribution < -0.4 is 15.4 Å². The average Bonchev–Trinajstić information content (AvgIpc) is 2.98. The number of ether oxygens (including phenoxy) is 1. The van der Waals surface area contributed by atoms with Crippen molar-refractivity contribution in [2.45, 2.75) is 19.5 Å². The molecule has 0 fully saturated rings. The van der Waals surface area contributed by atoms with Gasteiger partial charge in [-0.3, -0.25) is 4.79 Å². The maximum Gasteiger partial charge on any atom is 0.242 e. The van der Waals surface area contributed by atoms with Crippen molar-refractivity contribution >= 4 is 11.6 Å². The molecular weight excluding hydrogens is 256 g/mol. The van der Waals surface area contributed by atoms with Crippen molar-refractivity contribution in [2.75, 3.05) is 12.4 Å². The Hall–Kier alpha value is -2.43. The lowest BCUT2D eigenvalue weighted by molar-refractivity contribution is -0.121. The fourth-order valence-electron chi connectivity index (χ4n) is 1.74. The van der Waals surface area contributed by atoms with E-state index in [0.717, 1.165) is 17.2 Å². The average molecular weight is 274 g/mol. The van der Waals surface area contributed by atoms with Gasteiger partial charge in [0.15, 0.2) is 0 Å². The Kier molecular flexibility index (Phi) is 4.65. The third kappa shape index (κ3) is 3.78. The molecule has 0 aliphatic rings. The van der Waals surface area contributed by atoms with Crippen LogP contribution in [-0.2, 0) is 11.3 Å². The summed E-state index contributed by atoms with van der Waals surface area (Å²) in [5.41, 5.74) is 0.867. The highest BCUT2D eigenvalue weighted by Crippen LogP contribution is 2.15. The van der Waals surface area contributed by atoms with Crippen LogP contribution in [-0.4, -0.2) is 19.1 Å². The Balaban J connectivity index is 1.83. The summed E-state index contributed by atoms with van der Waals surface area (Å²) < 4.78 is 10.2. The molecule has 1 aromatic carbocycles. The molecule has 0 aliphatic heterocycles. The van der Waals surface area contributed by atoms with Gasteiger partial charge in [0.1, 0.15) is 17.6 Å². The van der Waals surface area contributed by atoms with E-state index in [1.54, 1.807) is 19.4 Å². The van der Waals surface area contributed by atoms with Crippen molar-refractivity contribution in [3.8, 4) is 5.75 Å². The first-order valence-electron chi connectivity index (χ1n) is 6.39. The minimum atomic E-state index is -0.335. The Morgan fingerprint density at radius 3 is 2.65 bits per heavy atom. The molecule has 1 amide bonds. The number of methoxy groups -OCH3 is 1. The van der Waals surface area contributed by atoms with E-state index in [1.807, 2.05) is 37.3 Å². The van der Waals surface area contributed by atoms with Crippen molar-refractivity contribution in [1.29, 1.82) is 0 Å². The van der Waals surface area contributed by atoms with Crippen LogP contribution in [0.1, 0.15) is 12.7 Å². The van der Waals surface area contributed by atoms with E-state index in [2.05, 4.69) is 10.6 Å². The highest BCUT2D eigenvalue weighted by atomic mass is 16.5. The molecule has 106 valence electrons. The smallest absolute Gasteiger partial charge is 0.242 e. The summed E-state index contributed by atoms with van der Waals surface area (Å²) in [6.45, 7) is 2.20. The summed E-state index contributed by atoms with van der Waals surface area (Å²) in [5.74, 6) is 1.43. The van der Waals surface area contributed by atoms with Gasteiger partial charge in [-0.15, -0.1) is 0 Å². The summed E-state index contributed by atoms with van der Waals surface area (Å²) in [4.78, 5) is 11.9. The van der Waals surface area contributed by atoms with E-state index in [4.69, 9.17) is 9.15 Å². The van der Waals surface area contributed by atoms with Gasteiger partial charge in [-0.25, -0.2) is 0 Å². The van der Waals surface area contributed by atoms with Crippen LogP contribution in [0.2, 0.25) is 0 Å². The van der Waals surface area contributed by atoms with Crippen LogP contribution in [0.4, 0.5) is 5.69 Å². The Morgan fingerprint density at radius 2 is 2.05 bits per heavy atom. The van der Waals surface area contributed by atoms with Crippen LogP contribution in [0.5, 0.6) is 5.75 Å². The molecule has 0 aliphatic carbocycles. The largest absolute Gasteiger partial charge is 0.497 e. The number of carbonyl (C=O) groups is 1. The van der Waals surface area contributed by atoms with Crippen molar-refractivity contribution in [2.24, 2.45) is 0 Å². The second-order valence-corrected chi connectivity index (χ2v) is 4.39. The molecule has 1 aromatic heterocycles. The highest BCUT2D eigenvalue weighted by molar-refractivity contribution is 5.84. The predicted octanol–water partition coefficient (Wildman–Crippen LogP) is 2.41. The number of carbonyl (C=O) groups excluding carboxylic acids is 1. The molecule has 2 N–H and O–H groups in total. The molecule has 1 unspecified atom stereocenters. The minimum Gasteiger partial charge on any atom is -0.497 e. The van der Waals surface area contributed by atoms with Gasteiger partial charge < -0.3 is 19.8 Å². The van der Waals surface area contributed by atoms with Crippen LogP contribution in [0.25, 0.3) is 0 Å². The summed E-state index contributed by atoms with van der Waals surface area (Å²) >= 11 is 0. The third-order valence-electron chi connectivity index (χ3n) is 2.88. The molecule has 2 rings (SSSR count). The zero-order valence-corrected chi connectivity index (χ0v) is 11.6. The molecule has 2 aromatic rings. The maximum absolute atomic E-state index is 11.9. The SMILES string of the molecule is COc1ccc(NC(C)C(=O)NCc2ccco2)cc1. The predicted molar refractivity (Wildman–Crippen MR) is 76.6 cm³/mol. The van der Waals surface area contributed by atoms with Gasteiger partial charge in [-0.1, -0.05) is 0 Å².